The summed E-state index contributed by atoms with van der Waals surface area (Å²) in [5.41, 5.74) is 0. The first-order chi connectivity index (χ1) is 16.6. The SMILES string of the molecule is CCCCCCCCCCCC(=O)NCCN(C)CCNC(=O)CCCCCCCCCCC. The average Bonchev–Trinajstić information content (AvgIpc) is 2.82. The summed E-state index contributed by atoms with van der Waals surface area (Å²) in [4.78, 5) is 26.1. The number of carbonyl (C=O) groups is 2. The van der Waals surface area contributed by atoms with Crippen LogP contribution in [0.25, 0.3) is 0 Å². The largest absolute Gasteiger partial charge is 0.355 e. The molecule has 0 aliphatic carbocycles. The van der Waals surface area contributed by atoms with Gasteiger partial charge in [0.2, 0.25) is 11.8 Å². The fourth-order valence-electron chi connectivity index (χ4n) is 4.25. The molecular formula is C29H59N3O2. The predicted octanol–water partition coefficient (Wildman–Crippen LogP) is 6.99. The second-order valence-corrected chi connectivity index (χ2v) is 10.2. The van der Waals surface area contributed by atoms with Crippen LogP contribution < -0.4 is 10.6 Å². The number of unbranched alkanes of at least 4 members (excludes halogenated alkanes) is 16. The minimum atomic E-state index is 0.172. The molecule has 34 heavy (non-hydrogen) atoms. The van der Waals surface area contributed by atoms with E-state index < -0.39 is 0 Å². The van der Waals surface area contributed by atoms with Gasteiger partial charge in [-0.3, -0.25) is 9.59 Å². The molecule has 0 aliphatic rings. The number of rotatable bonds is 26. The van der Waals surface area contributed by atoms with E-state index in [-0.39, 0.29) is 11.8 Å². The van der Waals surface area contributed by atoms with Gasteiger partial charge in [0.25, 0.3) is 0 Å². The Balaban J connectivity index is 3.42. The van der Waals surface area contributed by atoms with E-state index in [2.05, 4.69) is 29.4 Å². The Morgan fingerprint density at radius 3 is 1.12 bits per heavy atom. The highest BCUT2D eigenvalue weighted by Gasteiger charge is 2.05. The lowest BCUT2D eigenvalue weighted by atomic mass is 10.1. The van der Waals surface area contributed by atoms with Crippen LogP contribution in [0.5, 0.6) is 0 Å². The summed E-state index contributed by atoms with van der Waals surface area (Å²) in [5, 5.41) is 6.06. The van der Waals surface area contributed by atoms with Crippen molar-refractivity contribution in [3.05, 3.63) is 0 Å². The molecular weight excluding hydrogens is 422 g/mol. The summed E-state index contributed by atoms with van der Waals surface area (Å²) < 4.78 is 0. The first-order valence-electron chi connectivity index (χ1n) is 14.8. The van der Waals surface area contributed by atoms with Crippen molar-refractivity contribution >= 4 is 11.8 Å². The number of hydrogen-bond acceptors (Lipinski definition) is 3. The van der Waals surface area contributed by atoms with Gasteiger partial charge in [-0.15, -0.1) is 0 Å². The molecule has 2 N–H and O–H groups in total. The van der Waals surface area contributed by atoms with E-state index in [0.29, 0.717) is 25.9 Å². The third-order valence-corrected chi connectivity index (χ3v) is 6.65. The number of likely N-dealkylation sites (N-methyl/N-ethyl adjacent to an activating group) is 1. The van der Waals surface area contributed by atoms with E-state index in [9.17, 15) is 9.59 Å². The van der Waals surface area contributed by atoms with Crippen molar-refractivity contribution < 1.29 is 9.59 Å². The van der Waals surface area contributed by atoms with Crippen molar-refractivity contribution in [2.24, 2.45) is 0 Å². The van der Waals surface area contributed by atoms with Gasteiger partial charge in [-0.05, 0) is 19.9 Å². The maximum Gasteiger partial charge on any atom is 0.220 e. The zero-order valence-electron chi connectivity index (χ0n) is 23.2. The predicted molar refractivity (Wildman–Crippen MR) is 147 cm³/mol. The smallest absolute Gasteiger partial charge is 0.220 e. The Hall–Kier alpha value is -1.10. The first-order valence-corrected chi connectivity index (χ1v) is 14.8. The van der Waals surface area contributed by atoms with E-state index in [1.165, 1.54) is 103 Å². The molecule has 0 aliphatic heterocycles. The van der Waals surface area contributed by atoms with Crippen molar-refractivity contribution in [3.63, 3.8) is 0 Å². The van der Waals surface area contributed by atoms with Gasteiger partial charge in [0.1, 0.15) is 0 Å². The lowest BCUT2D eigenvalue weighted by Crippen LogP contribution is -2.37. The average molecular weight is 482 g/mol. The molecule has 0 saturated carbocycles. The molecule has 0 aromatic heterocycles. The lowest BCUT2D eigenvalue weighted by molar-refractivity contribution is -0.121. The Bertz CT molecular complexity index is 417. The molecule has 0 spiro atoms. The molecule has 0 rings (SSSR count). The number of nitrogens with one attached hydrogen (secondary N) is 2. The summed E-state index contributed by atoms with van der Waals surface area (Å²) >= 11 is 0. The van der Waals surface area contributed by atoms with Crippen molar-refractivity contribution in [1.82, 2.24) is 15.5 Å². The minimum Gasteiger partial charge on any atom is -0.355 e. The lowest BCUT2D eigenvalue weighted by Gasteiger charge is -2.17. The summed E-state index contributed by atoms with van der Waals surface area (Å²) in [6.45, 7) is 7.50. The van der Waals surface area contributed by atoms with Crippen LogP contribution in [0.3, 0.4) is 0 Å². The maximum atomic E-state index is 12.0. The maximum absolute atomic E-state index is 12.0. The van der Waals surface area contributed by atoms with Gasteiger partial charge in [-0.25, -0.2) is 0 Å². The van der Waals surface area contributed by atoms with Gasteiger partial charge >= 0.3 is 0 Å². The van der Waals surface area contributed by atoms with Crippen LogP contribution in [-0.2, 0) is 9.59 Å². The molecule has 5 nitrogen and oxygen atoms in total. The van der Waals surface area contributed by atoms with Crippen LogP contribution in [0.4, 0.5) is 0 Å². The molecule has 202 valence electrons. The summed E-state index contributed by atoms with van der Waals surface area (Å²) in [6, 6.07) is 0. The van der Waals surface area contributed by atoms with Gasteiger partial charge in [0, 0.05) is 39.0 Å². The first kappa shape index (κ1) is 32.9. The second kappa shape index (κ2) is 26.5. The zero-order valence-corrected chi connectivity index (χ0v) is 23.2. The molecule has 0 saturated heterocycles. The number of hydrogen-bond donors (Lipinski definition) is 2. The molecule has 0 bridgehead atoms. The zero-order chi connectivity index (χ0) is 25.1. The van der Waals surface area contributed by atoms with Gasteiger partial charge in [-0.2, -0.15) is 0 Å². The summed E-state index contributed by atoms with van der Waals surface area (Å²) in [5.74, 6) is 0.344. The van der Waals surface area contributed by atoms with E-state index >= 15 is 0 Å². The molecule has 0 aromatic rings. The van der Waals surface area contributed by atoms with Gasteiger partial charge in [-0.1, -0.05) is 117 Å². The molecule has 0 fully saturated rings. The summed E-state index contributed by atoms with van der Waals surface area (Å²) in [6.07, 6.45) is 24.3. The Kier molecular flexibility index (Phi) is 25.6. The minimum absolute atomic E-state index is 0.172. The standard InChI is InChI=1S/C29H59N3O2/c1-4-6-8-10-12-14-16-18-20-22-28(33)30-24-26-32(3)27-25-31-29(34)23-21-19-17-15-13-11-9-7-5-2/h4-27H2,1-3H3,(H,30,33)(H,31,34). The highest BCUT2D eigenvalue weighted by Crippen LogP contribution is 2.11. The second-order valence-electron chi connectivity index (χ2n) is 10.2. The number of carbonyl (C=O) groups excluding carboxylic acids is 2. The van der Waals surface area contributed by atoms with E-state index in [1.807, 2.05) is 7.05 Å². The van der Waals surface area contributed by atoms with Crippen molar-refractivity contribution in [2.45, 2.75) is 142 Å². The van der Waals surface area contributed by atoms with Crippen LogP contribution >= 0.6 is 0 Å². The van der Waals surface area contributed by atoms with Crippen LogP contribution in [0, 0.1) is 0 Å². The molecule has 0 atom stereocenters. The Morgan fingerprint density at radius 1 is 0.500 bits per heavy atom. The highest BCUT2D eigenvalue weighted by atomic mass is 16.2. The quantitative estimate of drug-likeness (QED) is 0.131. The number of nitrogens with zero attached hydrogens (tertiary/aromatic N) is 1. The van der Waals surface area contributed by atoms with Crippen molar-refractivity contribution in [1.29, 1.82) is 0 Å². The third-order valence-electron chi connectivity index (χ3n) is 6.65. The summed E-state index contributed by atoms with van der Waals surface area (Å²) in [7, 11) is 2.04. The molecule has 0 radical (unpaired) electrons. The molecule has 0 unspecified atom stereocenters. The van der Waals surface area contributed by atoms with Crippen LogP contribution in [0.2, 0.25) is 0 Å². The van der Waals surface area contributed by atoms with Crippen LogP contribution in [0.1, 0.15) is 142 Å². The Morgan fingerprint density at radius 2 is 0.794 bits per heavy atom. The molecule has 2 amide bonds. The van der Waals surface area contributed by atoms with Crippen LogP contribution in [0.15, 0.2) is 0 Å². The van der Waals surface area contributed by atoms with Crippen molar-refractivity contribution in [2.75, 3.05) is 33.2 Å². The topological polar surface area (TPSA) is 61.4 Å². The van der Waals surface area contributed by atoms with E-state index in [4.69, 9.17) is 0 Å². The molecule has 0 aromatic carbocycles. The van der Waals surface area contributed by atoms with Gasteiger partial charge < -0.3 is 15.5 Å². The fraction of sp³-hybridized carbons (Fsp3) is 0.931. The van der Waals surface area contributed by atoms with Crippen molar-refractivity contribution in [3.8, 4) is 0 Å². The monoisotopic (exact) mass is 481 g/mol. The third kappa shape index (κ3) is 25.5. The van der Waals surface area contributed by atoms with E-state index in [0.717, 1.165) is 25.9 Å². The number of amides is 2. The van der Waals surface area contributed by atoms with Crippen LogP contribution in [-0.4, -0.2) is 49.9 Å². The normalized spacial score (nSPS) is 11.2. The van der Waals surface area contributed by atoms with Gasteiger partial charge in [0.15, 0.2) is 0 Å². The fourth-order valence-corrected chi connectivity index (χ4v) is 4.25. The Labute approximate surface area is 212 Å². The molecule has 5 heteroatoms. The van der Waals surface area contributed by atoms with Gasteiger partial charge in [0.05, 0.1) is 0 Å². The highest BCUT2D eigenvalue weighted by molar-refractivity contribution is 5.76. The molecule has 0 heterocycles. The van der Waals surface area contributed by atoms with E-state index in [1.54, 1.807) is 0 Å².